The molecule has 1 aliphatic rings. The third-order valence-corrected chi connectivity index (χ3v) is 3.53. The molecule has 0 unspecified atom stereocenters. The predicted molar refractivity (Wildman–Crippen MR) is 76.7 cm³/mol. The summed E-state index contributed by atoms with van der Waals surface area (Å²) in [6.45, 7) is 2.40. The molecular formula is C14H20N4O2. The molecule has 2 N–H and O–H groups in total. The van der Waals surface area contributed by atoms with Crippen LogP contribution in [0.1, 0.15) is 19.3 Å². The maximum Gasteiger partial charge on any atom is 0.215 e. The van der Waals surface area contributed by atoms with Gasteiger partial charge in [-0.3, -0.25) is 4.57 Å². The summed E-state index contributed by atoms with van der Waals surface area (Å²) in [5.41, 5.74) is 7.51. The zero-order valence-corrected chi connectivity index (χ0v) is 11.7. The van der Waals surface area contributed by atoms with E-state index in [1.165, 1.54) is 12.8 Å². The lowest BCUT2D eigenvalue weighted by Crippen LogP contribution is -2.07. The van der Waals surface area contributed by atoms with Gasteiger partial charge in [0.1, 0.15) is 5.52 Å². The molecule has 0 atom stereocenters. The average Bonchev–Trinajstić information content (AvgIpc) is 3.22. The van der Waals surface area contributed by atoms with E-state index in [-0.39, 0.29) is 0 Å². The highest BCUT2D eigenvalue weighted by Crippen LogP contribution is 2.28. The number of nitrogen functional groups attached to an aromatic ring is 1. The van der Waals surface area contributed by atoms with E-state index in [0.29, 0.717) is 11.8 Å². The summed E-state index contributed by atoms with van der Waals surface area (Å²) in [4.78, 5) is 8.72. The molecule has 0 aromatic carbocycles. The van der Waals surface area contributed by atoms with Crippen LogP contribution in [-0.4, -0.2) is 34.9 Å². The van der Waals surface area contributed by atoms with Crippen molar-refractivity contribution >= 4 is 17.1 Å². The van der Waals surface area contributed by atoms with E-state index < -0.39 is 0 Å². The fourth-order valence-corrected chi connectivity index (χ4v) is 2.20. The largest absolute Gasteiger partial charge is 0.481 e. The van der Waals surface area contributed by atoms with Crippen LogP contribution in [0.4, 0.5) is 5.95 Å². The van der Waals surface area contributed by atoms with Crippen molar-refractivity contribution in [1.29, 1.82) is 0 Å². The number of methoxy groups -OCH3 is 1. The van der Waals surface area contributed by atoms with Crippen molar-refractivity contribution in [3.05, 3.63) is 12.1 Å². The number of aryl methyl sites for hydroxylation is 1. The Morgan fingerprint density at radius 1 is 1.35 bits per heavy atom. The lowest BCUT2D eigenvalue weighted by atomic mass is 10.4. The molecule has 0 aliphatic heterocycles. The molecule has 1 saturated carbocycles. The van der Waals surface area contributed by atoms with Crippen LogP contribution in [0.15, 0.2) is 12.1 Å². The Morgan fingerprint density at radius 2 is 2.20 bits per heavy atom. The number of imidazole rings is 1. The summed E-state index contributed by atoms with van der Waals surface area (Å²) in [5, 5.41) is 0. The van der Waals surface area contributed by atoms with Crippen molar-refractivity contribution < 1.29 is 9.47 Å². The first-order valence-corrected chi connectivity index (χ1v) is 7.02. The van der Waals surface area contributed by atoms with Crippen molar-refractivity contribution in [3.63, 3.8) is 0 Å². The van der Waals surface area contributed by atoms with E-state index in [0.717, 1.165) is 43.3 Å². The van der Waals surface area contributed by atoms with Gasteiger partial charge in [0.05, 0.1) is 7.11 Å². The van der Waals surface area contributed by atoms with Gasteiger partial charge >= 0.3 is 0 Å². The molecule has 1 aliphatic carbocycles. The maximum atomic E-state index is 5.95. The summed E-state index contributed by atoms with van der Waals surface area (Å²) in [6, 6.07) is 3.66. The molecule has 20 heavy (non-hydrogen) atoms. The zero-order chi connectivity index (χ0) is 13.9. The number of nitrogens with two attached hydrogens (primary N) is 1. The number of pyridine rings is 1. The standard InChI is InChI=1S/C14H20N4O2/c1-19-12-6-5-11-13(17-12)18(14(15)16-11)7-2-8-20-9-10-3-4-10/h5-6,10H,2-4,7-9H2,1H3,(H2,15,16). The van der Waals surface area contributed by atoms with Crippen LogP contribution in [0.5, 0.6) is 5.88 Å². The van der Waals surface area contributed by atoms with Crippen LogP contribution in [0.3, 0.4) is 0 Å². The van der Waals surface area contributed by atoms with Crippen LogP contribution >= 0.6 is 0 Å². The number of hydrogen-bond acceptors (Lipinski definition) is 5. The molecule has 6 heteroatoms. The quantitative estimate of drug-likeness (QED) is 0.781. The molecular weight excluding hydrogens is 256 g/mol. The molecule has 1 fully saturated rings. The average molecular weight is 276 g/mol. The van der Waals surface area contributed by atoms with Gasteiger partial charge in [-0.2, -0.15) is 4.98 Å². The number of ether oxygens (including phenoxy) is 2. The van der Waals surface area contributed by atoms with Crippen molar-refractivity contribution in [1.82, 2.24) is 14.5 Å². The summed E-state index contributed by atoms with van der Waals surface area (Å²) in [6.07, 6.45) is 3.55. The minimum absolute atomic E-state index is 0.489. The number of nitrogens with zero attached hydrogens (tertiary/aromatic N) is 3. The van der Waals surface area contributed by atoms with Gasteiger partial charge in [0, 0.05) is 25.8 Å². The number of rotatable bonds is 7. The smallest absolute Gasteiger partial charge is 0.215 e. The van der Waals surface area contributed by atoms with Crippen LogP contribution in [-0.2, 0) is 11.3 Å². The maximum absolute atomic E-state index is 5.95. The Kier molecular flexibility index (Phi) is 3.73. The molecule has 3 rings (SSSR count). The molecule has 2 heterocycles. The topological polar surface area (TPSA) is 75.2 Å². The van der Waals surface area contributed by atoms with Gasteiger partial charge in [0.15, 0.2) is 5.65 Å². The van der Waals surface area contributed by atoms with Gasteiger partial charge in [-0.25, -0.2) is 4.98 Å². The van der Waals surface area contributed by atoms with Crippen molar-refractivity contribution in [3.8, 4) is 5.88 Å². The van der Waals surface area contributed by atoms with Crippen molar-refractivity contribution in [2.45, 2.75) is 25.8 Å². The number of fused-ring (bicyclic) bond motifs is 1. The van der Waals surface area contributed by atoms with Gasteiger partial charge in [0.2, 0.25) is 11.8 Å². The summed E-state index contributed by atoms with van der Waals surface area (Å²) < 4.78 is 12.7. The fourth-order valence-electron chi connectivity index (χ4n) is 2.20. The molecule has 108 valence electrons. The van der Waals surface area contributed by atoms with E-state index in [1.807, 2.05) is 10.6 Å². The first-order valence-electron chi connectivity index (χ1n) is 7.02. The van der Waals surface area contributed by atoms with E-state index in [4.69, 9.17) is 15.2 Å². The number of hydrogen-bond donors (Lipinski definition) is 1. The van der Waals surface area contributed by atoms with E-state index in [1.54, 1.807) is 13.2 Å². The molecule has 0 amide bonds. The fraction of sp³-hybridized carbons (Fsp3) is 0.571. The van der Waals surface area contributed by atoms with E-state index in [9.17, 15) is 0 Å². The van der Waals surface area contributed by atoms with Gasteiger partial charge in [-0.05, 0) is 31.2 Å². The van der Waals surface area contributed by atoms with Gasteiger partial charge in [-0.1, -0.05) is 0 Å². The van der Waals surface area contributed by atoms with E-state index in [2.05, 4.69) is 9.97 Å². The highest BCUT2D eigenvalue weighted by Gasteiger charge is 2.20. The third-order valence-electron chi connectivity index (χ3n) is 3.53. The summed E-state index contributed by atoms with van der Waals surface area (Å²) in [5.74, 6) is 1.87. The lowest BCUT2D eigenvalue weighted by molar-refractivity contribution is 0.119. The normalized spacial score (nSPS) is 14.8. The number of aromatic nitrogens is 3. The molecule has 6 nitrogen and oxygen atoms in total. The van der Waals surface area contributed by atoms with Crippen LogP contribution in [0, 0.1) is 5.92 Å². The molecule has 0 radical (unpaired) electrons. The first-order chi connectivity index (χ1) is 9.78. The third kappa shape index (κ3) is 2.85. The second-order valence-electron chi connectivity index (χ2n) is 5.19. The minimum Gasteiger partial charge on any atom is -0.481 e. The number of anilines is 1. The van der Waals surface area contributed by atoms with Crippen LogP contribution < -0.4 is 10.5 Å². The Morgan fingerprint density at radius 3 is 2.95 bits per heavy atom. The molecule has 2 aromatic heterocycles. The van der Waals surface area contributed by atoms with Gasteiger partial charge < -0.3 is 15.2 Å². The summed E-state index contributed by atoms with van der Waals surface area (Å²) >= 11 is 0. The SMILES string of the molecule is COc1ccc2nc(N)n(CCCOCC3CC3)c2n1. The second-order valence-corrected chi connectivity index (χ2v) is 5.19. The summed E-state index contributed by atoms with van der Waals surface area (Å²) in [7, 11) is 1.60. The lowest BCUT2D eigenvalue weighted by Gasteiger charge is -2.07. The van der Waals surface area contributed by atoms with E-state index >= 15 is 0 Å². The molecule has 0 saturated heterocycles. The Hall–Kier alpha value is -1.82. The molecule has 2 aromatic rings. The highest BCUT2D eigenvalue weighted by molar-refractivity contribution is 5.74. The minimum atomic E-state index is 0.489. The Balaban J connectivity index is 1.64. The Labute approximate surface area is 117 Å². The Bertz CT molecular complexity index is 592. The first kappa shape index (κ1) is 13.2. The molecule has 0 spiro atoms. The highest BCUT2D eigenvalue weighted by atomic mass is 16.5. The zero-order valence-electron chi connectivity index (χ0n) is 11.7. The predicted octanol–water partition coefficient (Wildman–Crippen LogP) is 1.84. The van der Waals surface area contributed by atoms with Gasteiger partial charge in [0.25, 0.3) is 0 Å². The monoisotopic (exact) mass is 276 g/mol. The second kappa shape index (κ2) is 5.66. The van der Waals surface area contributed by atoms with Crippen molar-refractivity contribution in [2.75, 3.05) is 26.1 Å². The van der Waals surface area contributed by atoms with Crippen molar-refractivity contribution in [2.24, 2.45) is 5.92 Å². The van der Waals surface area contributed by atoms with Gasteiger partial charge in [-0.15, -0.1) is 0 Å². The van der Waals surface area contributed by atoms with Crippen LogP contribution in [0.25, 0.3) is 11.2 Å². The molecule has 0 bridgehead atoms. The van der Waals surface area contributed by atoms with Crippen LogP contribution in [0.2, 0.25) is 0 Å².